The van der Waals surface area contributed by atoms with Gasteiger partial charge in [-0.2, -0.15) is 0 Å². The summed E-state index contributed by atoms with van der Waals surface area (Å²) >= 11 is 1.31. The Kier molecular flexibility index (Phi) is 5.75. The van der Waals surface area contributed by atoms with Crippen molar-refractivity contribution < 1.29 is 9.59 Å². The maximum Gasteiger partial charge on any atom is 0.321 e. The molecule has 25 heavy (non-hydrogen) atoms. The van der Waals surface area contributed by atoms with Crippen LogP contribution in [0.5, 0.6) is 0 Å². The van der Waals surface area contributed by atoms with Gasteiger partial charge >= 0.3 is 6.03 Å². The molecule has 3 amide bonds. The minimum absolute atomic E-state index is 0.140. The average Bonchev–Trinajstić information content (AvgIpc) is 3.25. The number of carbonyl (C=O) groups is 2. The van der Waals surface area contributed by atoms with Crippen LogP contribution in [0.15, 0.2) is 41.8 Å². The summed E-state index contributed by atoms with van der Waals surface area (Å²) in [5.41, 5.74) is 2.16. The predicted molar refractivity (Wildman–Crippen MR) is 98.0 cm³/mol. The number of amides is 3. The number of urea groups is 1. The van der Waals surface area contributed by atoms with Crippen molar-refractivity contribution in [1.82, 2.24) is 20.2 Å². The molecule has 0 aliphatic heterocycles. The van der Waals surface area contributed by atoms with Gasteiger partial charge in [0.2, 0.25) is 5.91 Å². The van der Waals surface area contributed by atoms with Crippen molar-refractivity contribution in [3.8, 4) is 5.69 Å². The Labute approximate surface area is 151 Å². The van der Waals surface area contributed by atoms with Crippen LogP contribution in [0.1, 0.15) is 31.2 Å². The fourth-order valence-electron chi connectivity index (χ4n) is 3.00. The van der Waals surface area contributed by atoms with Gasteiger partial charge in [-0.05, 0) is 31.4 Å². The first-order valence-electron chi connectivity index (χ1n) is 8.46. The summed E-state index contributed by atoms with van der Waals surface area (Å²) in [6, 6.07) is 7.79. The maximum absolute atomic E-state index is 12.0. The Hall–Kier alpha value is -2.28. The first-order chi connectivity index (χ1) is 12.1. The van der Waals surface area contributed by atoms with E-state index in [1.54, 1.807) is 6.20 Å². The number of hydrogen-bond acceptors (Lipinski definition) is 4. The molecule has 7 heteroatoms. The molecular formula is C18H22N4O2S. The van der Waals surface area contributed by atoms with E-state index in [1.165, 1.54) is 11.8 Å². The molecule has 1 aliphatic rings. The number of benzene rings is 1. The van der Waals surface area contributed by atoms with Gasteiger partial charge in [-0.25, -0.2) is 9.78 Å². The molecule has 2 N–H and O–H groups in total. The summed E-state index contributed by atoms with van der Waals surface area (Å²) in [4.78, 5) is 28.2. The summed E-state index contributed by atoms with van der Waals surface area (Å²) in [6.07, 6.45) is 7.83. The van der Waals surface area contributed by atoms with Gasteiger partial charge in [-0.3, -0.25) is 14.7 Å². The van der Waals surface area contributed by atoms with Crippen LogP contribution in [-0.2, 0) is 4.79 Å². The number of thioether (sulfide) groups is 1. The van der Waals surface area contributed by atoms with Crippen molar-refractivity contribution in [3.05, 3.63) is 42.2 Å². The molecule has 0 atom stereocenters. The highest BCUT2D eigenvalue weighted by Gasteiger charge is 2.18. The van der Waals surface area contributed by atoms with E-state index in [0.29, 0.717) is 0 Å². The van der Waals surface area contributed by atoms with Crippen LogP contribution in [0, 0.1) is 6.92 Å². The first kappa shape index (κ1) is 17.5. The lowest BCUT2D eigenvalue weighted by Crippen LogP contribution is -2.44. The molecule has 0 unspecified atom stereocenters. The molecule has 1 saturated carbocycles. The highest BCUT2D eigenvalue weighted by molar-refractivity contribution is 7.99. The average molecular weight is 358 g/mol. The van der Waals surface area contributed by atoms with Gasteiger partial charge in [-0.1, -0.05) is 42.8 Å². The van der Waals surface area contributed by atoms with E-state index in [4.69, 9.17) is 0 Å². The van der Waals surface area contributed by atoms with Crippen molar-refractivity contribution in [2.75, 3.05) is 5.75 Å². The van der Waals surface area contributed by atoms with Gasteiger partial charge in [0.15, 0.2) is 5.16 Å². The molecule has 0 bridgehead atoms. The molecule has 1 heterocycles. The quantitative estimate of drug-likeness (QED) is 0.806. The van der Waals surface area contributed by atoms with E-state index in [1.807, 2.05) is 42.0 Å². The normalized spacial score (nSPS) is 14.4. The second-order valence-electron chi connectivity index (χ2n) is 6.16. The Bertz CT molecular complexity index is 753. The van der Waals surface area contributed by atoms with E-state index >= 15 is 0 Å². The molecule has 3 rings (SSSR count). The van der Waals surface area contributed by atoms with E-state index in [-0.39, 0.29) is 17.7 Å². The van der Waals surface area contributed by atoms with Crippen molar-refractivity contribution >= 4 is 23.7 Å². The van der Waals surface area contributed by atoms with Gasteiger partial charge < -0.3 is 5.32 Å². The molecule has 1 aromatic heterocycles. The number of nitrogens with one attached hydrogen (secondary N) is 2. The number of carbonyl (C=O) groups excluding carboxylic acids is 2. The van der Waals surface area contributed by atoms with E-state index in [2.05, 4.69) is 15.6 Å². The van der Waals surface area contributed by atoms with Crippen molar-refractivity contribution in [2.45, 2.75) is 43.8 Å². The highest BCUT2D eigenvalue weighted by atomic mass is 32.2. The molecule has 6 nitrogen and oxygen atoms in total. The van der Waals surface area contributed by atoms with Crippen LogP contribution in [0.25, 0.3) is 5.69 Å². The second kappa shape index (κ2) is 8.20. The third kappa shape index (κ3) is 4.63. The molecule has 1 fully saturated rings. The minimum atomic E-state index is -0.403. The zero-order valence-electron chi connectivity index (χ0n) is 14.2. The Morgan fingerprint density at radius 1 is 1.28 bits per heavy atom. The summed E-state index contributed by atoms with van der Waals surface area (Å²) in [6.45, 7) is 2.03. The van der Waals surface area contributed by atoms with Crippen LogP contribution in [0.3, 0.4) is 0 Å². The number of hydrogen-bond donors (Lipinski definition) is 2. The smallest absolute Gasteiger partial charge is 0.321 e. The number of aryl methyl sites for hydroxylation is 1. The number of para-hydroxylation sites is 1. The minimum Gasteiger partial charge on any atom is -0.335 e. The lowest BCUT2D eigenvalue weighted by atomic mass is 10.2. The van der Waals surface area contributed by atoms with Gasteiger partial charge in [0.25, 0.3) is 0 Å². The van der Waals surface area contributed by atoms with Crippen molar-refractivity contribution in [1.29, 1.82) is 0 Å². The van der Waals surface area contributed by atoms with E-state index < -0.39 is 6.03 Å². The van der Waals surface area contributed by atoms with Gasteiger partial charge in [-0.15, -0.1) is 0 Å². The lowest BCUT2D eigenvalue weighted by molar-refractivity contribution is -0.117. The van der Waals surface area contributed by atoms with E-state index in [9.17, 15) is 9.59 Å². The Morgan fingerprint density at radius 3 is 2.80 bits per heavy atom. The SMILES string of the molecule is Cc1ccccc1-n1ccnc1SCC(=O)NC(=O)NC1CCCC1. The molecule has 1 aliphatic carbocycles. The van der Waals surface area contributed by atoms with Crippen molar-refractivity contribution in [3.63, 3.8) is 0 Å². The fourth-order valence-corrected chi connectivity index (χ4v) is 3.76. The topological polar surface area (TPSA) is 76.0 Å². The number of imidazole rings is 1. The van der Waals surface area contributed by atoms with Gasteiger partial charge in [0, 0.05) is 18.4 Å². The van der Waals surface area contributed by atoms with E-state index in [0.717, 1.165) is 42.1 Å². The maximum atomic E-state index is 12.0. The molecule has 0 spiro atoms. The van der Waals surface area contributed by atoms with Crippen molar-refractivity contribution in [2.24, 2.45) is 0 Å². The zero-order valence-corrected chi connectivity index (χ0v) is 15.0. The Balaban J connectivity index is 1.54. The van der Waals surface area contributed by atoms with Crippen LogP contribution >= 0.6 is 11.8 Å². The molecule has 0 saturated heterocycles. The molecule has 132 valence electrons. The lowest BCUT2D eigenvalue weighted by Gasteiger charge is -2.12. The number of rotatable bonds is 5. The molecule has 1 aromatic carbocycles. The second-order valence-corrected chi connectivity index (χ2v) is 7.10. The Morgan fingerprint density at radius 2 is 2.04 bits per heavy atom. The zero-order chi connectivity index (χ0) is 17.6. The first-order valence-corrected chi connectivity index (χ1v) is 9.44. The number of aromatic nitrogens is 2. The monoisotopic (exact) mass is 358 g/mol. The molecular weight excluding hydrogens is 336 g/mol. The fraction of sp³-hybridized carbons (Fsp3) is 0.389. The van der Waals surface area contributed by atoms with Crippen LogP contribution in [-0.4, -0.2) is 33.3 Å². The molecule has 2 aromatic rings. The van der Waals surface area contributed by atoms with Gasteiger partial charge in [0.1, 0.15) is 0 Å². The van der Waals surface area contributed by atoms with Crippen LogP contribution in [0.2, 0.25) is 0 Å². The van der Waals surface area contributed by atoms with Gasteiger partial charge in [0.05, 0.1) is 11.4 Å². The largest absolute Gasteiger partial charge is 0.335 e. The summed E-state index contributed by atoms with van der Waals surface area (Å²) in [5.74, 6) is -0.180. The standard InChI is InChI=1S/C18H22N4O2S/c1-13-6-2-5-9-15(13)22-11-10-19-18(22)25-12-16(23)21-17(24)20-14-7-3-4-8-14/h2,5-6,9-11,14H,3-4,7-8,12H2,1H3,(H2,20,21,23,24). The summed E-state index contributed by atoms with van der Waals surface area (Å²) in [5, 5.41) is 5.96. The highest BCUT2D eigenvalue weighted by Crippen LogP contribution is 2.22. The molecule has 0 radical (unpaired) electrons. The summed E-state index contributed by atoms with van der Waals surface area (Å²) in [7, 11) is 0. The third-order valence-corrected chi connectivity index (χ3v) is 5.22. The summed E-state index contributed by atoms with van der Waals surface area (Å²) < 4.78 is 1.95. The van der Waals surface area contributed by atoms with Crippen LogP contribution < -0.4 is 10.6 Å². The predicted octanol–water partition coefficient (Wildman–Crippen LogP) is 3.04. The number of nitrogens with zero attached hydrogens (tertiary/aromatic N) is 2. The third-order valence-electron chi connectivity index (χ3n) is 4.26. The van der Waals surface area contributed by atoms with Crippen LogP contribution in [0.4, 0.5) is 4.79 Å². The number of imide groups is 1.